The van der Waals surface area contributed by atoms with Crippen molar-refractivity contribution in [3.05, 3.63) is 59.0 Å². The Morgan fingerprint density at radius 1 is 0.938 bits per heavy atom. The highest BCUT2D eigenvalue weighted by Crippen LogP contribution is 2.49. The number of hydrogen-bond acceptors (Lipinski definition) is 8. The Labute approximate surface area is 288 Å². The maximum Gasteiger partial charge on any atom is 0.300 e. The van der Waals surface area contributed by atoms with Crippen LogP contribution in [0.5, 0.6) is 17.2 Å². The molecule has 0 atom stereocenters. The molecule has 1 N–H and O–H groups in total. The number of pyridine rings is 2. The molecule has 2 aliphatic rings. The van der Waals surface area contributed by atoms with Gasteiger partial charge in [-0.25, -0.2) is 4.98 Å². The Balaban J connectivity index is 1.38. The molecule has 1 saturated heterocycles. The molecule has 10 nitrogen and oxygen atoms in total. The second-order valence-corrected chi connectivity index (χ2v) is 12.8. The number of benzene rings is 2. The van der Waals surface area contributed by atoms with Gasteiger partial charge in [0.2, 0.25) is 0 Å². The number of piperazine rings is 1. The predicted molar refractivity (Wildman–Crippen MR) is 190 cm³/mol. The molecule has 0 bridgehead atoms. The number of fused-ring (bicyclic) bond motifs is 3. The van der Waals surface area contributed by atoms with Crippen molar-refractivity contribution < 1.29 is 19.0 Å². The van der Waals surface area contributed by atoms with Crippen molar-refractivity contribution in [3.63, 3.8) is 0 Å². The number of ether oxygens (including phenoxy) is 3. The number of aromatic nitrogens is 3. The third-order valence-corrected chi connectivity index (χ3v) is 10.2. The van der Waals surface area contributed by atoms with Crippen molar-refractivity contribution in [2.24, 2.45) is 0 Å². The second kappa shape index (κ2) is 12.4. The minimum atomic E-state index is -0.379. The first-order valence-electron chi connectivity index (χ1n) is 15.5. The molecular formula is C36H34Cl2N6O4. The van der Waals surface area contributed by atoms with Gasteiger partial charge in [-0.2, -0.15) is 0 Å². The fourth-order valence-corrected chi connectivity index (χ4v) is 7.37. The largest absolute Gasteiger partial charge is 0.496 e. The topological polar surface area (TPSA) is 93.5 Å². The molecule has 5 aromatic rings. The van der Waals surface area contributed by atoms with Crippen LogP contribution in [0.15, 0.2) is 48.9 Å². The third kappa shape index (κ3) is 5.32. The number of hydrogen-bond donors (Lipinski definition) is 1. The van der Waals surface area contributed by atoms with Gasteiger partial charge < -0.3 is 24.4 Å². The lowest BCUT2D eigenvalue weighted by Gasteiger charge is -2.42. The summed E-state index contributed by atoms with van der Waals surface area (Å²) in [5.74, 6) is 6.43. The summed E-state index contributed by atoms with van der Waals surface area (Å²) in [4.78, 5) is 27.1. The molecule has 1 spiro atoms. The quantitative estimate of drug-likeness (QED) is 0.187. The Morgan fingerprint density at radius 3 is 2.33 bits per heavy atom. The van der Waals surface area contributed by atoms with E-state index in [1.807, 2.05) is 34.9 Å². The molecule has 1 aliphatic heterocycles. The predicted octanol–water partition coefficient (Wildman–Crippen LogP) is 6.80. The molecule has 12 heteroatoms. The summed E-state index contributed by atoms with van der Waals surface area (Å²) in [6, 6.07) is 9.51. The van der Waals surface area contributed by atoms with Crippen LogP contribution in [0, 0.1) is 11.8 Å². The molecule has 1 saturated carbocycles. The van der Waals surface area contributed by atoms with E-state index >= 15 is 0 Å². The Kier molecular flexibility index (Phi) is 8.24. The zero-order chi connectivity index (χ0) is 33.7. The van der Waals surface area contributed by atoms with Gasteiger partial charge in [0.1, 0.15) is 22.9 Å². The first-order valence-corrected chi connectivity index (χ1v) is 16.3. The molecule has 0 radical (unpaired) electrons. The molecule has 7 rings (SSSR count). The molecule has 3 aromatic heterocycles. The molecule has 1 amide bonds. The Hall–Kier alpha value is -4.69. The highest BCUT2D eigenvalue weighted by Gasteiger charge is 2.49. The monoisotopic (exact) mass is 684 g/mol. The first-order chi connectivity index (χ1) is 23.2. The van der Waals surface area contributed by atoms with Crippen molar-refractivity contribution in [3.8, 4) is 51.5 Å². The van der Waals surface area contributed by atoms with Crippen LogP contribution in [0.3, 0.4) is 0 Å². The van der Waals surface area contributed by atoms with E-state index in [4.69, 9.17) is 42.4 Å². The molecule has 1 aliphatic carbocycles. The van der Waals surface area contributed by atoms with Gasteiger partial charge >= 0.3 is 0 Å². The van der Waals surface area contributed by atoms with Crippen LogP contribution in [0.2, 0.25) is 10.0 Å². The normalized spacial score (nSPS) is 15.4. The number of carbonyl (C=O) groups is 1. The number of anilines is 2. The zero-order valence-corrected chi connectivity index (χ0v) is 28.8. The van der Waals surface area contributed by atoms with Crippen LogP contribution in [-0.2, 0) is 4.79 Å². The summed E-state index contributed by atoms with van der Waals surface area (Å²) >= 11 is 13.6. The number of nitrogens with one attached hydrogen (secondary N) is 1. The Morgan fingerprint density at radius 2 is 1.67 bits per heavy atom. The number of carbonyl (C=O) groups excluding carboxylic acids is 1. The van der Waals surface area contributed by atoms with E-state index in [1.165, 1.54) is 0 Å². The molecule has 4 heterocycles. The summed E-state index contributed by atoms with van der Waals surface area (Å²) in [6.45, 7) is 4.27. The van der Waals surface area contributed by atoms with Crippen molar-refractivity contribution in [2.45, 2.75) is 25.3 Å². The van der Waals surface area contributed by atoms with Gasteiger partial charge in [0.15, 0.2) is 0 Å². The SMILES string of the molecule is CC#CC(=O)Nc1cc(-c2cc3c(cn2)cc(-c2c(Cl)c(OC)cc(OC)c2Cl)c2nccn23)c(OC)cc1N1CCN(C)C2(CC2)C1. The number of imidazole rings is 1. The van der Waals surface area contributed by atoms with E-state index in [9.17, 15) is 4.79 Å². The fourth-order valence-electron chi connectivity index (χ4n) is 6.67. The number of methoxy groups -OCH3 is 3. The maximum atomic E-state index is 12.8. The maximum absolute atomic E-state index is 12.8. The number of halogens is 2. The van der Waals surface area contributed by atoms with Gasteiger partial charge in [-0.15, -0.1) is 0 Å². The zero-order valence-electron chi connectivity index (χ0n) is 27.3. The van der Waals surface area contributed by atoms with Gasteiger partial charge in [-0.05, 0) is 50.9 Å². The minimum absolute atomic E-state index is 0.175. The van der Waals surface area contributed by atoms with Gasteiger partial charge in [-0.1, -0.05) is 29.1 Å². The number of rotatable bonds is 7. The Bertz CT molecular complexity index is 2140. The van der Waals surface area contributed by atoms with Crippen LogP contribution in [0.25, 0.3) is 38.9 Å². The van der Waals surface area contributed by atoms with Gasteiger partial charge in [0.25, 0.3) is 5.91 Å². The summed E-state index contributed by atoms with van der Waals surface area (Å²) < 4.78 is 19.0. The summed E-state index contributed by atoms with van der Waals surface area (Å²) in [5.41, 5.74) is 5.82. The van der Waals surface area contributed by atoms with Gasteiger partial charge in [-0.3, -0.25) is 19.1 Å². The third-order valence-electron chi connectivity index (χ3n) is 9.44. The van der Waals surface area contributed by atoms with Gasteiger partial charge in [0, 0.05) is 78.0 Å². The molecule has 48 heavy (non-hydrogen) atoms. The summed E-state index contributed by atoms with van der Waals surface area (Å²) in [7, 11) is 6.92. The molecular weight excluding hydrogens is 651 g/mol. The lowest BCUT2D eigenvalue weighted by atomic mass is 10.0. The van der Waals surface area contributed by atoms with Crippen molar-refractivity contribution in [1.82, 2.24) is 19.3 Å². The van der Waals surface area contributed by atoms with Crippen molar-refractivity contribution >= 4 is 57.0 Å². The van der Waals surface area contributed by atoms with E-state index in [1.54, 1.807) is 46.7 Å². The second-order valence-electron chi connectivity index (χ2n) is 12.1. The van der Waals surface area contributed by atoms with Crippen molar-refractivity contribution in [2.75, 3.05) is 58.2 Å². The summed E-state index contributed by atoms with van der Waals surface area (Å²) in [6.07, 6.45) is 7.71. The average molecular weight is 686 g/mol. The number of likely N-dealkylation sites (N-methyl/N-ethyl adjacent to an activating group) is 1. The van der Waals surface area contributed by atoms with E-state index in [0.717, 1.165) is 54.6 Å². The number of nitrogens with zero attached hydrogens (tertiary/aromatic N) is 5. The van der Waals surface area contributed by atoms with Crippen LogP contribution in [0.1, 0.15) is 19.8 Å². The molecule has 0 unspecified atom stereocenters. The fraction of sp³-hybridized carbons (Fsp3) is 0.306. The van der Waals surface area contributed by atoms with E-state index in [2.05, 4.69) is 39.0 Å². The molecule has 246 valence electrons. The van der Waals surface area contributed by atoms with E-state index in [-0.39, 0.29) is 11.4 Å². The van der Waals surface area contributed by atoms with Crippen molar-refractivity contribution in [1.29, 1.82) is 0 Å². The summed E-state index contributed by atoms with van der Waals surface area (Å²) in [5, 5.41) is 4.55. The van der Waals surface area contributed by atoms with E-state index in [0.29, 0.717) is 55.4 Å². The minimum Gasteiger partial charge on any atom is -0.496 e. The number of amides is 1. The highest BCUT2D eigenvalue weighted by atomic mass is 35.5. The van der Waals surface area contributed by atoms with E-state index < -0.39 is 0 Å². The first kappa shape index (κ1) is 31.9. The van der Waals surface area contributed by atoms with Crippen LogP contribution in [-0.4, -0.2) is 78.7 Å². The lowest BCUT2D eigenvalue weighted by Crippen LogP contribution is -2.53. The lowest BCUT2D eigenvalue weighted by molar-refractivity contribution is -0.111. The van der Waals surface area contributed by atoms with Crippen LogP contribution in [0.4, 0.5) is 11.4 Å². The molecule has 2 aromatic carbocycles. The smallest absolute Gasteiger partial charge is 0.300 e. The van der Waals surface area contributed by atoms with Crippen LogP contribution >= 0.6 is 23.2 Å². The van der Waals surface area contributed by atoms with Gasteiger partial charge in [0.05, 0.1) is 54.0 Å². The van der Waals surface area contributed by atoms with Crippen LogP contribution < -0.4 is 24.4 Å². The average Bonchev–Trinajstić information content (AvgIpc) is 3.68. The molecule has 2 fully saturated rings. The standard InChI is InChI=1S/C36H34Cl2N6O4/c1-6-7-31(45)41-25-15-22(28(46-3)17-27(25)43-13-12-42(2)36(20-43)8-9-36)24-16-26-21(19-40-24)14-23(35-39-10-11-44(26)35)32-33(37)29(47-4)18-30(48-5)34(32)38/h10-11,14-19H,8-9,12-13,20H2,1-5H3,(H,41,45). The highest BCUT2D eigenvalue weighted by molar-refractivity contribution is 6.41.